The van der Waals surface area contributed by atoms with Crippen LogP contribution in [0.1, 0.15) is 19.8 Å². The number of thioether (sulfide) groups is 1. The van der Waals surface area contributed by atoms with Crippen LogP contribution in [0.2, 0.25) is 0 Å². The number of rotatable bonds is 5. The van der Waals surface area contributed by atoms with Gasteiger partial charge in [0.25, 0.3) is 0 Å². The Kier molecular flexibility index (Phi) is 6.81. The first kappa shape index (κ1) is 9.82. The largest absolute Gasteiger partial charge is 0.466 e. The molecule has 0 radical (unpaired) electrons. The molecule has 0 aliphatic rings. The van der Waals surface area contributed by atoms with Gasteiger partial charge in [-0.2, -0.15) is 11.8 Å². The quantitative estimate of drug-likeness (QED) is 0.454. The standard InChI is InChI=1S/C7H14O2S/c1-3-7(8)9-5-4-6-10-2/h3-6H2,1-2H3. The molecule has 0 aromatic heterocycles. The molecule has 0 aliphatic heterocycles. The zero-order valence-electron chi connectivity index (χ0n) is 6.55. The van der Waals surface area contributed by atoms with Gasteiger partial charge >= 0.3 is 5.97 Å². The molecule has 0 atom stereocenters. The highest BCUT2D eigenvalue weighted by Gasteiger charge is 1.95. The lowest BCUT2D eigenvalue weighted by molar-refractivity contribution is -0.143. The lowest BCUT2D eigenvalue weighted by Gasteiger charge is -2.00. The van der Waals surface area contributed by atoms with E-state index in [1.165, 1.54) is 0 Å². The molecule has 0 rings (SSSR count). The van der Waals surface area contributed by atoms with Gasteiger partial charge in [0.15, 0.2) is 0 Å². The Morgan fingerprint density at radius 1 is 1.60 bits per heavy atom. The van der Waals surface area contributed by atoms with Crippen LogP contribution in [-0.2, 0) is 9.53 Å². The van der Waals surface area contributed by atoms with Crippen molar-refractivity contribution >= 4 is 17.7 Å². The maximum Gasteiger partial charge on any atom is 0.305 e. The fourth-order valence-corrected chi connectivity index (χ4v) is 0.898. The van der Waals surface area contributed by atoms with Crippen LogP contribution in [0, 0.1) is 0 Å². The second-order valence-electron chi connectivity index (χ2n) is 1.92. The minimum absolute atomic E-state index is 0.0962. The van der Waals surface area contributed by atoms with Gasteiger partial charge in [-0.15, -0.1) is 0 Å². The predicted molar refractivity (Wildman–Crippen MR) is 44.2 cm³/mol. The second kappa shape index (κ2) is 6.93. The van der Waals surface area contributed by atoms with Gasteiger partial charge in [-0.25, -0.2) is 0 Å². The van der Waals surface area contributed by atoms with E-state index in [0.717, 1.165) is 12.2 Å². The summed E-state index contributed by atoms with van der Waals surface area (Å²) in [6, 6.07) is 0. The Morgan fingerprint density at radius 3 is 2.80 bits per heavy atom. The molecule has 0 N–H and O–H groups in total. The van der Waals surface area contributed by atoms with Crippen molar-refractivity contribution in [3.8, 4) is 0 Å². The van der Waals surface area contributed by atoms with E-state index in [1.54, 1.807) is 18.7 Å². The first-order valence-electron chi connectivity index (χ1n) is 3.45. The summed E-state index contributed by atoms with van der Waals surface area (Å²) in [6.07, 6.45) is 3.49. The molecule has 0 unspecified atom stereocenters. The van der Waals surface area contributed by atoms with Crippen molar-refractivity contribution in [2.75, 3.05) is 18.6 Å². The summed E-state index contributed by atoms with van der Waals surface area (Å²) in [5.41, 5.74) is 0. The van der Waals surface area contributed by atoms with Crippen LogP contribution >= 0.6 is 11.8 Å². The summed E-state index contributed by atoms with van der Waals surface area (Å²) >= 11 is 1.77. The average Bonchev–Trinajstić information content (AvgIpc) is 1.98. The highest BCUT2D eigenvalue weighted by Crippen LogP contribution is 1.96. The summed E-state index contributed by atoms with van der Waals surface area (Å²) in [4.78, 5) is 10.5. The van der Waals surface area contributed by atoms with E-state index in [2.05, 4.69) is 0 Å². The minimum Gasteiger partial charge on any atom is -0.466 e. The molecule has 0 saturated heterocycles. The van der Waals surface area contributed by atoms with Gasteiger partial charge in [0.2, 0.25) is 0 Å². The number of esters is 1. The van der Waals surface area contributed by atoms with E-state index in [4.69, 9.17) is 4.74 Å². The van der Waals surface area contributed by atoms with E-state index in [0.29, 0.717) is 13.0 Å². The number of hydrogen-bond donors (Lipinski definition) is 0. The molecule has 3 heteroatoms. The van der Waals surface area contributed by atoms with Gasteiger partial charge in [0, 0.05) is 6.42 Å². The maximum atomic E-state index is 10.5. The Morgan fingerprint density at radius 2 is 2.30 bits per heavy atom. The summed E-state index contributed by atoms with van der Waals surface area (Å²) in [5, 5.41) is 0. The van der Waals surface area contributed by atoms with E-state index >= 15 is 0 Å². The van der Waals surface area contributed by atoms with Gasteiger partial charge in [0.05, 0.1) is 6.61 Å². The van der Waals surface area contributed by atoms with Gasteiger partial charge in [-0.05, 0) is 18.4 Å². The molecule has 0 spiro atoms. The Bertz CT molecular complexity index is 93.6. The predicted octanol–water partition coefficient (Wildman–Crippen LogP) is 1.69. The minimum atomic E-state index is -0.0962. The topological polar surface area (TPSA) is 26.3 Å². The molecule has 10 heavy (non-hydrogen) atoms. The zero-order chi connectivity index (χ0) is 7.82. The Labute approximate surface area is 66.3 Å². The summed E-state index contributed by atoms with van der Waals surface area (Å²) in [7, 11) is 0. The van der Waals surface area contributed by atoms with Gasteiger partial charge < -0.3 is 4.74 Å². The van der Waals surface area contributed by atoms with Crippen LogP contribution in [0.4, 0.5) is 0 Å². The summed E-state index contributed by atoms with van der Waals surface area (Å²) in [5.74, 6) is 0.970. The van der Waals surface area contributed by atoms with Crippen molar-refractivity contribution in [1.29, 1.82) is 0 Å². The lowest BCUT2D eigenvalue weighted by atomic mass is 10.5. The van der Waals surface area contributed by atoms with Gasteiger partial charge in [-0.1, -0.05) is 6.92 Å². The maximum absolute atomic E-state index is 10.5. The molecule has 0 aromatic carbocycles. The molecular weight excluding hydrogens is 148 g/mol. The van der Waals surface area contributed by atoms with Crippen molar-refractivity contribution in [3.05, 3.63) is 0 Å². The molecular formula is C7H14O2S. The number of ether oxygens (including phenoxy) is 1. The Hall–Kier alpha value is -0.180. The molecule has 60 valence electrons. The zero-order valence-corrected chi connectivity index (χ0v) is 7.37. The van der Waals surface area contributed by atoms with E-state index in [1.807, 2.05) is 6.26 Å². The van der Waals surface area contributed by atoms with Crippen LogP contribution in [0.5, 0.6) is 0 Å². The number of carbonyl (C=O) groups is 1. The molecule has 0 fully saturated rings. The highest BCUT2D eigenvalue weighted by atomic mass is 32.2. The lowest BCUT2D eigenvalue weighted by Crippen LogP contribution is -2.04. The van der Waals surface area contributed by atoms with Crippen molar-refractivity contribution in [3.63, 3.8) is 0 Å². The third-order valence-corrected chi connectivity index (χ3v) is 1.74. The summed E-state index contributed by atoms with van der Waals surface area (Å²) in [6.45, 7) is 2.38. The van der Waals surface area contributed by atoms with Gasteiger partial charge in [-0.3, -0.25) is 4.79 Å². The van der Waals surface area contributed by atoms with Crippen LogP contribution in [0.25, 0.3) is 0 Å². The number of carbonyl (C=O) groups excluding carboxylic acids is 1. The molecule has 0 saturated carbocycles. The molecule has 0 aromatic rings. The van der Waals surface area contributed by atoms with Crippen molar-refractivity contribution in [2.45, 2.75) is 19.8 Å². The monoisotopic (exact) mass is 162 g/mol. The van der Waals surface area contributed by atoms with E-state index < -0.39 is 0 Å². The molecule has 0 heterocycles. The van der Waals surface area contributed by atoms with Crippen molar-refractivity contribution < 1.29 is 9.53 Å². The van der Waals surface area contributed by atoms with Crippen molar-refractivity contribution in [2.24, 2.45) is 0 Å². The molecule has 0 bridgehead atoms. The molecule has 0 amide bonds. The van der Waals surface area contributed by atoms with Crippen LogP contribution in [-0.4, -0.2) is 24.6 Å². The van der Waals surface area contributed by atoms with Crippen LogP contribution < -0.4 is 0 Å². The van der Waals surface area contributed by atoms with Crippen molar-refractivity contribution in [1.82, 2.24) is 0 Å². The molecule has 2 nitrogen and oxygen atoms in total. The van der Waals surface area contributed by atoms with Crippen LogP contribution in [0.3, 0.4) is 0 Å². The van der Waals surface area contributed by atoms with E-state index in [-0.39, 0.29) is 5.97 Å². The average molecular weight is 162 g/mol. The first-order valence-corrected chi connectivity index (χ1v) is 4.85. The van der Waals surface area contributed by atoms with Gasteiger partial charge in [0.1, 0.15) is 0 Å². The van der Waals surface area contributed by atoms with E-state index in [9.17, 15) is 4.79 Å². The smallest absolute Gasteiger partial charge is 0.305 e. The fraction of sp³-hybridized carbons (Fsp3) is 0.857. The number of hydrogen-bond acceptors (Lipinski definition) is 3. The first-order chi connectivity index (χ1) is 4.81. The second-order valence-corrected chi connectivity index (χ2v) is 2.91. The SMILES string of the molecule is CCC(=O)OCCCSC. The van der Waals surface area contributed by atoms with Crippen LogP contribution in [0.15, 0.2) is 0 Å². The normalized spacial score (nSPS) is 9.40. The highest BCUT2D eigenvalue weighted by molar-refractivity contribution is 7.98. The fourth-order valence-electron chi connectivity index (χ4n) is 0.491. The Balaban J connectivity index is 2.96. The summed E-state index contributed by atoms with van der Waals surface area (Å²) < 4.78 is 4.84. The third kappa shape index (κ3) is 5.95. The third-order valence-electron chi connectivity index (χ3n) is 1.04. The molecule has 0 aliphatic carbocycles.